The normalized spacial score (nSPS) is 11.6. The van der Waals surface area contributed by atoms with Gasteiger partial charge in [-0.15, -0.1) is 0 Å². The standard InChI is InChI=1S/C16H14BrCl/c17-12-4-7-16(13-5-2-1-3-6-13)14-8-10-15(18)11-9-14/h1-3,5-11H,4,12H2. The van der Waals surface area contributed by atoms with Crippen LogP contribution in [0.2, 0.25) is 5.02 Å². The smallest absolute Gasteiger partial charge is 0.0406 e. The summed E-state index contributed by atoms with van der Waals surface area (Å²) >= 11 is 9.41. The minimum Gasteiger partial charge on any atom is -0.0925 e. The summed E-state index contributed by atoms with van der Waals surface area (Å²) in [4.78, 5) is 0. The molecule has 2 rings (SSSR count). The summed E-state index contributed by atoms with van der Waals surface area (Å²) < 4.78 is 0. The van der Waals surface area contributed by atoms with E-state index in [0.717, 1.165) is 16.8 Å². The first kappa shape index (κ1) is 13.4. The molecule has 2 aromatic rings. The van der Waals surface area contributed by atoms with Gasteiger partial charge < -0.3 is 0 Å². The first-order valence-corrected chi connectivity index (χ1v) is 7.38. The summed E-state index contributed by atoms with van der Waals surface area (Å²) in [5.41, 5.74) is 3.69. The topological polar surface area (TPSA) is 0 Å². The number of halogens is 2. The second-order valence-electron chi connectivity index (χ2n) is 3.97. The molecule has 0 saturated heterocycles. The monoisotopic (exact) mass is 320 g/mol. The molecule has 0 unspecified atom stereocenters. The molecule has 0 amide bonds. The third-order valence-electron chi connectivity index (χ3n) is 2.70. The van der Waals surface area contributed by atoms with Gasteiger partial charge in [0.2, 0.25) is 0 Å². The second kappa shape index (κ2) is 6.77. The van der Waals surface area contributed by atoms with Gasteiger partial charge in [0, 0.05) is 10.4 Å². The van der Waals surface area contributed by atoms with E-state index < -0.39 is 0 Å². The van der Waals surface area contributed by atoms with Crippen LogP contribution in [0.15, 0.2) is 60.7 Å². The van der Waals surface area contributed by atoms with Crippen molar-refractivity contribution in [2.75, 3.05) is 5.33 Å². The predicted molar refractivity (Wildman–Crippen MR) is 83.4 cm³/mol. The zero-order valence-corrected chi connectivity index (χ0v) is 12.3. The summed E-state index contributed by atoms with van der Waals surface area (Å²) in [6, 6.07) is 18.4. The zero-order valence-electron chi connectivity index (χ0n) is 9.94. The highest BCUT2D eigenvalue weighted by Gasteiger charge is 2.04. The van der Waals surface area contributed by atoms with E-state index in [0.29, 0.717) is 0 Å². The van der Waals surface area contributed by atoms with Crippen LogP contribution in [0.5, 0.6) is 0 Å². The summed E-state index contributed by atoms with van der Waals surface area (Å²) in [5, 5.41) is 1.74. The van der Waals surface area contributed by atoms with Gasteiger partial charge in [-0.3, -0.25) is 0 Å². The van der Waals surface area contributed by atoms with Crippen LogP contribution >= 0.6 is 27.5 Å². The number of allylic oxidation sites excluding steroid dienone is 1. The molecule has 18 heavy (non-hydrogen) atoms. The molecule has 0 aliphatic rings. The number of alkyl halides is 1. The average Bonchev–Trinajstić information content (AvgIpc) is 2.42. The van der Waals surface area contributed by atoms with Gasteiger partial charge >= 0.3 is 0 Å². The molecule has 0 atom stereocenters. The van der Waals surface area contributed by atoms with E-state index in [2.05, 4.69) is 58.4 Å². The van der Waals surface area contributed by atoms with E-state index in [-0.39, 0.29) is 0 Å². The molecule has 0 spiro atoms. The van der Waals surface area contributed by atoms with E-state index in [1.165, 1.54) is 16.7 Å². The lowest BCUT2D eigenvalue weighted by Crippen LogP contribution is -1.88. The summed E-state index contributed by atoms with van der Waals surface area (Å²) in [6.45, 7) is 0. The minimum absolute atomic E-state index is 0.770. The lowest BCUT2D eigenvalue weighted by molar-refractivity contribution is 1.26. The molecule has 0 fully saturated rings. The van der Waals surface area contributed by atoms with Gasteiger partial charge in [-0.25, -0.2) is 0 Å². The van der Waals surface area contributed by atoms with Gasteiger partial charge in [0.1, 0.15) is 0 Å². The third kappa shape index (κ3) is 3.47. The average molecular weight is 322 g/mol. The van der Waals surface area contributed by atoms with Crippen LogP contribution in [0, 0.1) is 0 Å². The first-order valence-electron chi connectivity index (χ1n) is 5.89. The molecule has 0 aliphatic carbocycles. The molecule has 0 radical (unpaired) electrons. The van der Waals surface area contributed by atoms with Gasteiger partial charge in [-0.1, -0.05) is 76.1 Å². The summed E-state index contributed by atoms with van der Waals surface area (Å²) in [5.74, 6) is 0. The van der Waals surface area contributed by atoms with Crippen LogP contribution in [0.25, 0.3) is 5.57 Å². The van der Waals surface area contributed by atoms with Gasteiger partial charge in [-0.05, 0) is 35.3 Å². The molecule has 0 aliphatic heterocycles. The molecule has 0 nitrogen and oxygen atoms in total. The van der Waals surface area contributed by atoms with E-state index in [4.69, 9.17) is 11.6 Å². The van der Waals surface area contributed by atoms with Crippen molar-refractivity contribution in [1.82, 2.24) is 0 Å². The Morgan fingerprint density at radius 1 is 0.944 bits per heavy atom. The number of benzene rings is 2. The SMILES string of the molecule is Clc1ccc(C(=CCCBr)c2ccccc2)cc1. The highest BCUT2D eigenvalue weighted by molar-refractivity contribution is 9.09. The summed E-state index contributed by atoms with van der Waals surface area (Å²) in [7, 11) is 0. The quantitative estimate of drug-likeness (QED) is 0.647. The maximum absolute atomic E-state index is 5.94. The van der Waals surface area contributed by atoms with Crippen LogP contribution < -0.4 is 0 Å². The Balaban J connectivity index is 2.40. The highest BCUT2D eigenvalue weighted by atomic mass is 79.9. The molecule has 0 N–H and O–H groups in total. The van der Waals surface area contributed by atoms with Crippen molar-refractivity contribution in [2.24, 2.45) is 0 Å². The van der Waals surface area contributed by atoms with Crippen LogP contribution in [0.4, 0.5) is 0 Å². The van der Waals surface area contributed by atoms with Gasteiger partial charge in [0.15, 0.2) is 0 Å². The molecule has 0 bridgehead atoms. The van der Waals surface area contributed by atoms with Crippen LogP contribution in [0.1, 0.15) is 17.5 Å². The van der Waals surface area contributed by atoms with E-state index >= 15 is 0 Å². The Morgan fingerprint density at radius 2 is 1.56 bits per heavy atom. The molecule has 92 valence electrons. The van der Waals surface area contributed by atoms with Crippen LogP contribution in [-0.2, 0) is 0 Å². The number of hydrogen-bond acceptors (Lipinski definition) is 0. The van der Waals surface area contributed by atoms with E-state index in [1.807, 2.05) is 18.2 Å². The largest absolute Gasteiger partial charge is 0.0925 e. The van der Waals surface area contributed by atoms with Gasteiger partial charge in [-0.2, -0.15) is 0 Å². The molecule has 0 saturated carbocycles. The molecular formula is C16H14BrCl. The minimum atomic E-state index is 0.770. The van der Waals surface area contributed by atoms with Crippen molar-refractivity contribution in [3.05, 3.63) is 76.8 Å². The van der Waals surface area contributed by atoms with Gasteiger partial charge in [0.05, 0.1) is 0 Å². The molecular weight excluding hydrogens is 308 g/mol. The van der Waals surface area contributed by atoms with Crippen LogP contribution in [0.3, 0.4) is 0 Å². The third-order valence-corrected chi connectivity index (χ3v) is 3.41. The maximum atomic E-state index is 5.94. The van der Waals surface area contributed by atoms with Crippen LogP contribution in [-0.4, -0.2) is 5.33 Å². The maximum Gasteiger partial charge on any atom is 0.0406 e. The Hall–Kier alpha value is -1.05. The van der Waals surface area contributed by atoms with E-state index in [9.17, 15) is 0 Å². The first-order chi connectivity index (χ1) is 8.81. The zero-order chi connectivity index (χ0) is 12.8. The van der Waals surface area contributed by atoms with Crippen molar-refractivity contribution in [3.63, 3.8) is 0 Å². The van der Waals surface area contributed by atoms with Crippen molar-refractivity contribution in [3.8, 4) is 0 Å². The number of rotatable bonds is 4. The van der Waals surface area contributed by atoms with Gasteiger partial charge in [0.25, 0.3) is 0 Å². The fraction of sp³-hybridized carbons (Fsp3) is 0.125. The molecule has 2 aromatic carbocycles. The molecule has 2 heteroatoms. The Bertz CT molecular complexity index is 515. The lowest BCUT2D eigenvalue weighted by atomic mass is 9.97. The second-order valence-corrected chi connectivity index (χ2v) is 5.20. The van der Waals surface area contributed by atoms with E-state index in [1.54, 1.807) is 0 Å². The Kier molecular flexibility index (Phi) is 5.03. The van der Waals surface area contributed by atoms with Crippen molar-refractivity contribution in [1.29, 1.82) is 0 Å². The fourth-order valence-corrected chi connectivity index (χ4v) is 2.20. The number of hydrogen-bond donors (Lipinski definition) is 0. The molecule has 0 aromatic heterocycles. The Morgan fingerprint density at radius 3 is 2.17 bits per heavy atom. The highest BCUT2D eigenvalue weighted by Crippen LogP contribution is 2.25. The lowest BCUT2D eigenvalue weighted by Gasteiger charge is -2.08. The fourth-order valence-electron chi connectivity index (χ4n) is 1.85. The van der Waals surface area contributed by atoms with Crippen molar-refractivity contribution < 1.29 is 0 Å². The molecule has 0 heterocycles. The summed E-state index contributed by atoms with van der Waals surface area (Å²) in [6.07, 6.45) is 3.26. The van der Waals surface area contributed by atoms with Crippen molar-refractivity contribution >= 4 is 33.1 Å². The van der Waals surface area contributed by atoms with Crippen molar-refractivity contribution in [2.45, 2.75) is 6.42 Å². The Labute approximate surface area is 121 Å². The predicted octanol–water partition coefficient (Wildman–Crippen LogP) is 5.56.